The molecular formula is C26H23ClN4O5S. The van der Waals surface area contributed by atoms with Gasteiger partial charge in [0.25, 0.3) is 10.0 Å². The van der Waals surface area contributed by atoms with Crippen molar-refractivity contribution in [1.82, 2.24) is 15.2 Å². The molecule has 0 spiro atoms. The van der Waals surface area contributed by atoms with E-state index >= 15 is 0 Å². The molecule has 4 aromatic rings. The summed E-state index contributed by atoms with van der Waals surface area (Å²) in [4.78, 5) is 15.7. The number of hydrogen-bond acceptors (Lipinski definition) is 7. The van der Waals surface area contributed by atoms with E-state index in [1.54, 1.807) is 54.7 Å². The molecule has 2 aromatic carbocycles. The maximum absolute atomic E-state index is 13.8. The molecule has 0 radical (unpaired) electrons. The van der Waals surface area contributed by atoms with Crippen molar-refractivity contribution in [2.24, 2.45) is 0 Å². The summed E-state index contributed by atoms with van der Waals surface area (Å²) in [5, 5.41) is 6.56. The Labute approximate surface area is 218 Å². The van der Waals surface area contributed by atoms with Gasteiger partial charge in [-0.3, -0.25) is 9.29 Å². The molecule has 1 atom stereocenters. The molecule has 2 aromatic heterocycles. The number of nitrogens with one attached hydrogen (secondary N) is 1. The fourth-order valence-electron chi connectivity index (χ4n) is 4.06. The van der Waals surface area contributed by atoms with Gasteiger partial charge in [-0.1, -0.05) is 35.9 Å². The molecule has 5 rings (SSSR count). The Hall–Kier alpha value is -3.89. The van der Waals surface area contributed by atoms with Gasteiger partial charge >= 0.3 is 5.76 Å². The minimum atomic E-state index is -3.90. The van der Waals surface area contributed by atoms with Crippen molar-refractivity contribution >= 4 is 39.5 Å². The van der Waals surface area contributed by atoms with E-state index in [9.17, 15) is 13.2 Å². The molecule has 0 fully saturated rings. The Bertz CT molecular complexity index is 1630. The lowest BCUT2D eigenvalue weighted by atomic mass is 10.1. The summed E-state index contributed by atoms with van der Waals surface area (Å²) in [6, 6.07) is 15.6. The van der Waals surface area contributed by atoms with Gasteiger partial charge in [0.2, 0.25) is 5.89 Å². The fourth-order valence-corrected chi connectivity index (χ4v) is 5.85. The van der Waals surface area contributed by atoms with Crippen LogP contribution in [0.25, 0.3) is 12.2 Å². The molecular weight excluding hydrogens is 516 g/mol. The van der Waals surface area contributed by atoms with E-state index in [0.717, 1.165) is 11.1 Å². The molecule has 190 valence electrons. The highest BCUT2D eigenvalue weighted by atomic mass is 35.5. The lowest BCUT2D eigenvalue weighted by Gasteiger charge is -2.35. The van der Waals surface area contributed by atoms with E-state index in [0.29, 0.717) is 35.0 Å². The highest BCUT2D eigenvalue weighted by Crippen LogP contribution is 2.39. The smallest absolute Gasteiger partial charge is 0.434 e. The van der Waals surface area contributed by atoms with Crippen LogP contribution in [0.2, 0.25) is 5.02 Å². The van der Waals surface area contributed by atoms with Gasteiger partial charge in [-0.25, -0.2) is 18.3 Å². The van der Waals surface area contributed by atoms with Crippen LogP contribution in [0, 0.1) is 6.92 Å². The van der Waals surface area contributed by atoms with Crippen molar-refractivity contribution < 1.29 is 17.6 Å². The van der Waals surface area contributed by atoms with Crippen LogP contribution in [0.5, 0.6) is 5.75 Å². The molecule has 3 heterocycles. The highest BCUT2D eigenvalue weighted by molar-refractivity contribution is 7.92. The predicted molar refractivity (Wildman–Crippen MR) is 140 cm³/mol. The Kier molecular flexibility index (Phi) is 6.86. The minimum Gasteiger partial charge on any atom is -0.486 e. The van der Waals surface area contributed by atoms with Crippen molar-refractivity contribution in [3.05, 3.63) is 99.1 Å². The first-order chi connectivity index (χ1) is 17.8. The first-order valence-corrected chi connectivity index (χ1v) is 13.3. The number of pyridine rings is 1. The normalized spacial score (nSPS) is 15.5. The third-order valence-electron chi connectivity index (χ3n) is 5.88. The molecule has 0 amide bonds. The average molecular weight is 539 g/mol. The van der Waals surface area contributed by atoms with Crippen LogP contribution in [0.1, 0.15) is 29.1 Å². The number of nitrogens with zero attached hydrogens (tertiary/aromatic N) is 3. The van der Waals surface area contributed by atoms with Crippen LogP contribution in [0.3, 0.4) is 0 Å². The summed E-state index contributed by atoms with van der Waals surface area (Å²) in [5.74, 6) is 0.0336. The zero-order valence-corrected chi connectivity index (χ0v) is 21.4. The van der Waals surface area contributed by atoms with Gasteiger partial charge in [0.1, 0.15) is 11.9 Å². The van der Waals surface area contributed by atoms with Crippen LogP contribution in [0.4, 0.5) is 5.69 Å². The molecule has 0 saturated carbocycles. The summed E-state index contributed by atoms with van der Waals surface area (Å²) >= 11 is 6.21. The molecule has 0 bridgehead atoms. The number of hydrogen-bond donors (Lipinski definition) is 1. The topological polar surface area (TPSA) is 118 Å². The number of anilines is 1. The molecule has 37 heavy (non-hydrogen) atoms. The Morgan fingerprint density at radius 1 is 1.16 bits per heavy atom. The Balaban J connectivity index is 1.49. The van der Waals surface area contributed by atoms with Gasteiger partial charge in [0, 0.05) is 12.6 Å². The maximum atomic E-state index is 13.8. The third-order valence-corrected chi connectivity index (χ3v) is 7.97. The van der Waals surface area contributed by atoms with Gasteiger partial charge in [-0.15, -0.1) is 5.10 Å². The standard InChI is InChI=1S/C26H23ClN4O5S/c1-17-4-2-5-20(14-17)37(33,34)31-16-19(9-12-25-29-30-26(32)36-25)35-24-11-8-18(15-23(24)31)7-10-22-21(27)6-3-13-28-22/h2-8,10-11,13-15,19H,9,12,16H2,1H3,(H,30,32)/b10-7+/t19-/m0/s1. The predicted octanol–water partition coefficient (Wildman–Crippen LogP) is 4.48. The van der Waals surface area contributed by atoms with Crippen LogP contribution >= 0.6 is 11.6 Å². The largest absolute Gasteiger partial charge is 0.486 e. The molecule has 11 heteroatoms. The Morgan fingerprint density at radius 3 is 2.78 bits per heavy atom. The van der Waals surface area contributed by atoms with Gasteiger partial charge < -0.3 is 9.15 Å². The van der Waals surface area contributed by atoms with Crippen LogP contribution in [0.15, 0.2) is 74.9 Å². The van der Waals surface area contributed by atoms with Crippen molar-refractivity contribution in [1.29, 1.82) is 0 Å². The molecule has 0 aliphatic carbocycles. The number of aromatic amines is 1. The minimum absolute atomic E-state index is 0.0805. The molecule has 1 aliphatic rings. The number of rotatable bonds is 7. The molecule has 0 saturated heterocycles. The van der Waals surface area contributed by atoms with Crippen LogP contribution in [-0.2, 0) is 16.4 Å². The van der Waals surface area contributed by atoms with Crippen LogP contribution in [-0.4, -0.2) is 36.2 Å². The second-order valence-corrected chi connectivity index (χ2v) is 10.8. The van der Waals surface area contributed by atoms with Crippen molar-refractivity contribution in [3.8, 4) is 5.75 Å². The van der Waals surface area contributed by atoms with E-state index in [-0.39, 0.29) is 17.3 Å². The molecule has 1 aliphatic heterocycles. The van der Waals surface area contributed by atoms with Crippen molar-refractivity contribution in [3.63, 3.8) is 0 Å². The van der Waals surface area contributed by atoms with E-state index in [1.807, 2.05) is 25.1 Å². The number of H-pyrrole nitrogens is 1. The third kappa shape index (κ3) is 5.45. The number of fused-ring (bicyclic) bond motifs is 1. The summed E-state index contributed by atoms with van der Waals surface area (Å²) in [5.41, 5.74) is 2.62. The van der Waals surface area contributed by atoms with E-state index in [1.165, 1.54) is 4.31 Å². The number of aromatic nitrogens is 3. The Morgan fingerprint density at radius 2 is 2.03 bits per heavy atom. The average Bonchev–Trinajstić information content (AvgIpc) is 3.31. The van der Waals surface area contributed by atoms with Gasteiger partial charge in [-0.05, 0) is 66.9 Å². The number of benzene rings is 2. The summed E-state index contributed by atoms with van der Waals surface area (Å²) in [7, 11) is -3.90. The van der Waals surface area contributed by atoms with E-state index in [4.69, 9.17) is 20.8 Å². The number of aryl methyl sites for hydroxylation is 2. The van der Waals surface area contributed by atoms with Crippen molar-refractivity contribution in [2.75, 3.05) is 10.8 Å². The van der Waals surface area contributed by atoms with E-state index in [2.05, 4.69) is 15.2 Å². The molecule has 0 unspecified atom stereocenters. The lowest BCUT2D eigenvalue weighted by molar-refractivity contribution is 0.186. The SMILES string of the molecule is Cc1cccc(S(=O)(=O)N2C[C@H](CCc3n[nH]c(=O)o3)Oc3ccc(/C=C/c4ncccc4Cl)cc32)c1. The zero-order valence-electron chi connectivity index (χ0n) is 19.8. The van der Waals surface area contributed by atoms with Crippen molar-refractivity contribution in [2.45, 2.75) is 30.8 Å². The summed E-state index contributed by atoms with van der Waals surface area (Å²) < 4.78 is 40.1. The number of sulfonamides is 1. The highest BCUT2D eigenvalue weighted by Gasteiger charge is 2.35. The summed E-state index contributed by atoms with van der Waals surface area (Å²) in [6.45, 7) is 1.93. The van der Waals surface area contributed by atoms with E-state index < -0.39 is 21.9 Å². The van der Waals surface area contributed by atoms with Gasteiger partial charge in [0.15, 0.2) is 0 Å². The first kappa shape index (κ1) is 24.8. The molecule has 9 nitrogen and oxygen atoms in total. The molecule has 1 N–H and O–H groups in total. The van der Waals surface area contributed by atoms with Gasteiger partial charge in [0.05, 0.1) is 27.8 Å². The second kappa shape index (κ2) is 10.2. The monoisotopic (exact) mass is 538 g/mol. The number of halogens is 1. The fraction of sp³-hybridized carbons (Fsp3) is 0.192. The zero-order chi connectivity index (χ0) is 26.0. The maximum Gasteiger partial charge on any atom is 0.434 e. The number of ether oxygens (including phenoxy) is 1. The van der Waals surface area contributed by atoms with Gasteiger partial charge in [-0.2, -0.15) is 0 Å². The lowest BCUT2D eigenvalue weighted by Crippen LogP contribution is -2.43. The first-order valence-electron chi connectivity index (χ1n) is 11.5. The quantitative estimate of drug-likeness (QED) is 0.368. The summed E-state index contributed by atoms with van der Waals surface area (Å²) in [6.07, 6.45) is 5.46. The van der Waals surface area contributed by atoms with Crippen LogP contribution < -0.4 is 14.8 Å². The second-order valence-electron chi connectivity index (χ2n) is 8.57.